The molecule has 7 nitrogen and oxygen atoms in total. The fraction of sp³-hybridized carbons (Fsp3) is 0.556. The number of primary sulfonamides is 1. The maximum absolute atomic E-state index is 12.2. The molecule has 0 unspecified atom stereocenters. The lowest BCUT2D eigenvalue weighted by molar-refractivity contribution is -0.119. The molecule has 0 bridgehead atoms. The van der Waals surface area contributed by atoms with Crippen LogP contribution in [-0.4, -0.2) is 35.7 Å². The molecule has 1 heterocycles. The largest absolute Gasteiger partial charge is 0.353 e. The van der Waals surface area contributed by atoms with E-state index < -0.39 is 10.0 Å². The highest BCUT2D eigenvalue weighted by Gasteiger charge is 2.17. The molecule has 9 heteroatoms. The molecule has 1 aromatic heterocycles. The molecule has 0 spiro atoms. The predicted molar refractivity (Wildman–Crippen MR) is 109 cm³/mol. The van der Waals surface area contributed by atoms with Crippen LogP contribution in [0.4, 0.5) is 0 Å². The summed E-state index contributed by atoms with van der Waals surface area (Å²) in [5, 5.41) is 8.91. The van der Waals surface area contributed by atoms with E-state index in [1.54, 1.807) is 6.07 Å². The van der Waals surface area contributed by atoms with Gasteiger partial charge in [0.25, 0.3) is 0 Å². The van der Waals surface area contributed by atoms with Gasteiger partial charge < -0.3 is 9.88 Å². The monoisotopic (exact) mass is 412 g/mol. The number of benzene rings is 1. The molecule has 0 radical (unpaired) electrons. The van der Waals surface area contributed by atoms with Crippen molar-refractivity contribution < 1.29 is 13.2 Å². The third-order valence-electron chi connectivity index (χ3n) is 4.47. The van der Waals surface area contributed by atoms with Gasteiger partial charge in [0, 0.05) is 12.6 Å². The lowest BCUT2D eigenvalue weighted by Crippen LogP contribution is -2.37. The first-order chi connectivity index (χ1) is 12.6. The molecule has 3 N–H and O–H groups in total. The number of unbranched alkanes of at least 4 members (excludes halogenated alkanes) is 1. The third-order valence-corrected chi connectivity index (χ3v) is 6.36. The number of carbonyl (C=O) groups excluding carboxylic acids is 1. The first-order valence-corrected chi connectivity index (χ1v) is 11.6. The summed E-state index contributed by atoms with van der Waals surface area (Å²) in [6, 6.07) is 4.81. The molecule has 1 atom stereocenters. The summed E-state index contributed by atoms with van der Waals surface area (Å²) in [5.41, 5.74) is 1.41. The Balaban J connectivity index is 2.26. The summed E-state index contributed by atoms with van der Waals surface area (Å²) in [6.45, 7) is 8.97. The highest BCUT2D eigenvalue weighted by Crippen LogP contribution is 2.26. The van der Waals surface area contributed by atoms with Crippen LogP contribution < -0.4 is 10.5 Å². The summed E-state index contributed by atoms with van der Waals surface area (Å²) in [6.07, 6.45) is 1.98. The van der Waals surface area contributed by atoms with Gasteiger partial charge in [-0.15, -0.1) is 0 Å². The van der Waals surface area contributed by atoms with Crippen LogP contribution in [0.3, 0.4) is 0 Å². The number of thioether (sulfide) groups is 1. The Morgan fingerprint density at radius 2 is 2.04 bits per heavy atom. The number of aryl methyl sites for hydroxylation is 1. The normalized spacial score (nSPS) is 13.3. The van der Waals surface area contributed by atoms with Gasteiger partial charge in [-0.2, -0.15) is 0 Å². The molecule has 0 aliphatic rings. The summed E-state index contributed by atoms with van der Waals surface area (Å²) in [5.74, 6) is 0.583. The summed E-state index contributed by atoms with van der Waals surface area (Å²) in [4.78, 5) is 16.8. The average molecular weight is 413 g/mol. The number of rotatable bonds is 9. The fourth-order valence-electron chi connectivity index (χ4n) is 2.50. The molecule has 0 aliphatic carbocycles. The van der Waals surface area contributed by atoms with Crippen molar-refractivity contribution in [3.63, 3.8) is 0 Å². The van der Waals surface area contributed by atoms with Crippen LogP contribution in [0.5, 0.6) is 0 Å². The summed E-state index contributed by atoms with van der Waals surface area (Å²) >= 11 is 1.36. The predicted octanol–water partition coefficient (Wildman–Crippen LogP) is 2.74. The van der Waals surface area contributed by atoms with E-state index in [1.807, 2.05) is 11.5 Å². The molecule has 0 aliphatic heterocycles. The number of nitrogens with zero attached hydrogens (tertiary/aromatic N) is 2. The number of hydrogen-bond donors (Lipinski definition) is 2. The third kappa shape index (κ3) is 5.70. The molecule has 1 aromatic carbocycles. The zero-order valence-electron chi connectivity index (χ0n) is 16.2. The van der Waals surface area contributed by atoms with Crippen molar-refractivity contribution in [2.24, 2.45) is 11.1 Å². The van der Waals surface area contributed by atoms with Crippen LogP contribution in [-0.2, 0) is 21.4 Å². The molecule has 0 saturated heterocycles. The molecular formula is C18H28N4O3S2. The number of carbonyl (C=O) groups is 1. The van der Waals surface area contributed by atoms with Crippen LogP contribution in [0.2, 0.25) is 0 Å². The number of fused-ring (bicyclic) bond motifs is 1. The van der Waals surface area contributed by atoms with Gasteiger partial charge >= 0.3 is 0 Å². The van der Waals surface area contributed by atoms with E-state index in [-0.39, 0.29) is 22.6 Å². The molecule has 0 saturated carbocycles. The van der Waals surface area contributed by atoms with Crippen molar-refractivity contribution in [3.05, 3.63) is 18.2 Å². The van der Waals surface area contributed by atoms with Crippen LogP contribution in [0.1, 0.15) is 40.5 Å². The number of nitrogens with two attached hydrogens (primary N) is 1. The van der Waals surface area contributed by atoms with Gasteiger partial charge in [0.05, 0.1) is 21.7 Å². The van der Waals surface area contributed by atoms with E-state index >= 15 is 0 Å². The maximum atomic E-state index is 12.2. The van der Waals surface area contributed by atoms with E-state index in [1.165, 1.54) is 23.9 Å². The molecule has 27 heavy (non-hydrogen) atoms. The second-order valence-electron chi connectivity index (χ2n) is 6.98. The smallest absolute Gasteiger partial charge is 0.238 e. The zero-order valence-corrected chi connectivity index (χ0v) is 17.9. The summed E-state index contributed by atoms with van der Waals surface area (Å²) in [7, 11) is -3.78. The Bertz CT molecular complexity index is 907. The lowest BCUT2D eigenvalue weighted by Gasteiger charge is -2.17. The number of amides is 1. The lowest BCUT2D eigenvalue weighted by atomic mass is 10.1. The standard InChI is InChI=1S/C18H28N4O3S2/c1-5-6-9-22-16-8-7-14(27(19,24)25)10-15(16)21-18(22)26-11-17(23)20-13(4)12(2)3/h7-8,10,12-13H,5-6,9,11H2,1-4H3,(H,20,23)(H2,19,24,25)/t13-/m1/s1. The van der Waals surface area contributed by atoms with E-state index in [2.05, 4.69) is 31.1 Å². The average Bonchev–Trinajstić information content (AvgIpc) is 2.93. The SMILES string of the molecule is CCCCn1c(SCC(=O)N[C@H](C)C(C)C)nc2cc(S(N)(=O)=O)ccc21. The minimum atomic E-state index is -3.78. The maximum Gasteiger partial charge on any atom is 0.238 e. The second kappa shape index (κ2) is 9.07. The quantitative estimate of drug-likeness (QED) is 0.616. The molecule has 2 aromatic rings. The van der Waals surface area contributed by atoms with Crippen molar-refractivity contribution in [3.8, 4) is 0 Å². The van der Waals surface area contributed by atoms with Crippen molar-refractivity contribution in [1.29, 1.82) is 0 Å². The zero-order chi connectivity index (χ0) is 20.2. The second-order valence-corrected chi connectivity index (χ2v) is 9.49. The Morgan fingerprint density at radius 3 is 2.63 bits per heavy atom. The number of aromatic nitrogens is 2. The fourth-order valence-corrected chi connectivity index (χ4v) is 3.88. The van der Waals surface area contributed by atoms with Crippen LogP contribution in [0, 0.1) is 5.92 Å². The number of hydrogen-bond acceptors (Lipinski definition) is 5. The minimum Gasteiger partial charge on any atom is -0.353 e. The van der Waals surface area contributed by atoms with Crippen LogP contribution in [0.25, 0.3) is 11.0 Å². The van der Waals surface area contributed by atoms with Gasteiger partial charge in [0.15, 0.2) is 5.16 Å². The van der Waals surface area contributed by atoms with E-state index in [0.717, 1.165) is 24.9 Å². The molecule has 2 rings (SSSR count). The van der Waals surface area contributed by atoms with Gasteiger partial charge in [-0.05, 0) is 37.5 Å². The van der Waals surface area contributed by atoms with E-state index in [0.29, 0.717) is 16.6 Å². The number of imidazole rings is 1. The Hall–Kier alpha value is -1.58. The van der Waals surface area contributed by atoms with Crippen molar-refractivity contribution in [1.82, 2.24) is 14.9 Å². The highest BCUT2D eigenvalue weighted by atomic mass is 32.2. The van der Waals surface area contributed by atoms with Gasteiger partial charge in [0.2, 0.25) is 15.9 Å². The van der Waals surface area contributed by atoms with Crippen molar-refractivity contribution in [2.75, 3.05) is 5.75 Å². The van der Waals surface area contributed by atoms with E-state index in [9.17, 15) is 13.2 Å². The Labute approximate surface area is 165 Å². The molecule has 1 amide bonds. The van der Waals surface area contributed by atoms with Gasteiger partial charge in [-0.1, -0.05) is 39.0 Å². The number of nitrogens with one attached hydrogen (secondary N) is 1. The van der Waals surface area contributed by atoms with Gasteiger partial charge in [-0.25, -0.2) is 18.5 Å². The first kappa shape index (κ1) is 21.7. The molecule has 0 fully saturated rings. The first-order valence-electron chi connectivity index (χ1n) is 9.08. The minimum absolute atomic E-state index is 0.0372. The highest BCUT2D eigenvalue weighted by molar-refractivity contribution is 7.99. The Morgan fingerprint density at radius 1 is 1.33 bits per heavy atom. The van der Waals surface area contributed by atoms with E-state index in [4.69, 9.17) is 5.14 Å². The van der Waals surface area contributed by atoms with Gasteiger partial charge in [-0.3, -0.25) is 4.79 Å². The van der Waals surface area contributed by atoms with Crippen LogP contribution in [0.15, 0.2) is 28.3 Å². The topological polar surface area (TPSA) is 107 Å². The summed E-state index contributed by atoms with van der Waals surface area (Å²) < 4.78 is 25.2. The number of sulfonamides is 1. The molecule has 150 valence electrons. The van der Waals surface area contributed by atoms with Crippen LogP contribution >= 0.6 is 11.8 Å². The Kier molecular flexibility index (Phi) is 7.30. The van der Waals surface area contributed by atoms with Crippen molar-refractivity contribution in [2.45, 2.75) is 63.2 Å². The van der Waals surface area contributed by atoms with Gasteiger partial charge in [0.1, 0.15) is 0 Å². The molecular weight excluding hydrogens is 384 g/mol. The van der Waals surface area contributed by atoms with Crippen molar-refractivity contribution >= 4 is 38.7 Å².